The van der Waals surface area contributed by atoms with E-state index in [1.165, 1.54) is 0 Å². The van der Waals surface area contributed by atoms with Gasteiger partial charge >= 0.3 is 0 Å². The molecular formula is C16H20N4O3. The first-order valence-corrected chi connectivity index (χ1v) is 7.30. The summed E-state index contributed by atoms with van der Waals surface area (Å²) in [5.41, 5.74) is 1.81. The van der Waals surface area contributed by atoms with Gasteiger partial charge in [0.05, 0.1) is 19.3 Å². The summed E-state index contributed by atoms with van der Waals surface area (Å²) in [6.45, 7) is 4.19. The number of anilines is 1. The van der Waals surface area contributed by atoms with Gasteiger partial charge in [-0.3, -0.25) is 14.3 Å². The molecule has 2 rings (SSSR count). The maximum absolute atomic E-state index is 12.1. The summed E-state index contributed by atoms with van der Waals surface area (Å²) in [5.74, 6) is 0.00768. The fourth-order valence-electron chi connectivity index (χ4n) is 2.13. The minimum Gasteiger partial charge on any atom is -0.497 e. The number of aromatic nitrogens is 2. The number of amides is 2. The number of rotatable bonds is 6. The van der Waals surface area contributed by atoms with Gasteiger partial charge in [0.25, 0.3) is 5.91 Å². The zero-order valence-corrected chi connectivity index (χ0v) is 13.4. The van der Waals surface area contributed by atoms with Crippen molar-refractivity contribution in [2.75, 3.05) is 19.0 Å². The van der Waals surface area contributed by atoms with Crippen LogP contribution in [0.4, 0.5) is 5.69 Å². The van der Waals surface area contributed by atoms with E-state index in [0.717, 1.165) is 5.69 Å². The molecule has 0 saturated carbocycles. The molecule has 0 aliphatic carbocycles. The van der Waals surface area contributed by atoms with Crippen molar-refractivity contribution in [2.24, 2.45) is 0 Å². The van der Waals surface area contributed by atoms with Gasteiger partial charge in [0, 0.05) is 18.3 Å². The first-order chi connectivity index (χ1) is 11.0. The summed E-state index contributed by atoms with van der Waals surface area (Å²) >= 11 is 0. The number of carbonyl (C=O) groups is 2. The molecule has 122 valence electrons. The summed E-state index contributed by atoms with van der Waals surface area (Å²) in [6.07, 6.45) is 0. The fraction of sp³-hybridized carbons (Fsp3) is 0.312. The van der Waals surface area contributed by atoms with Crippen LogP contribution >= 0.6 is 0 Å². The van der Waals surface area contributed by atoms with Crippen molar-refractivity contribution in [3.63, 3.8) is 0 Å². The summed E-state index contributed by atoms with van der Waals surface area (Å²) in [6, 6.07) is 8.70. The van der Waals surface area contributed by atoms with Gasteiger partial charge in [0.1, 0.15) is 11.4 Å². The second-order valence-corrected chi connectivity index (χ2v) is 4.95. The molecule has 7 heteroatoms. The molecule has 2 aromatic rings. The van der Waals surface area contributed by atoms with Crippen molar-refractivity contribution >= 4 is 17.5 Å². The molecule has 0 atom stereocenters. The second-order valence-electron chi connectivity index (χ2n) is 4.95. The Balaban J connectivity index is 1.92. The highest BCUT2D eigenvalue weighted by Gasteiger charge is 2.14. The van der Waals surface area contributed by atoms with Crippen LogP contribution in [-0.2, 0) is 11.3 Å². The summed E-state index contributed by atoms with van der Waals surface area (Å²) in [7, 11) is 1.56. The minimum atomic E-state index is -0.326. The molecule has 0 fully saturated rings. The summed E-state index contributed by atoms with van der Waals surface area (Å²) < 4.78 is 6.69. The van der Waals surface area contributed by atoms with Crippen LogP contribution in [0.3, 0.4) is 0 Å². The molecule has 1 heterocycles. The highest BCUT2D eigenvalue weighted by atomic mass is 16.5. The Bertz CT molecular complexity index is 709. The zero-order chi connectivity index (χ0) is 16.8. The molecule has 0 bridgehead atoms. The Morgan fingerprint density at radius 2 is 2.09 bits per heavy atom. The van der Waals surface area contributed by atoms with E-state index in [1.54, 1.807) is 42.1 Å². The van der Waals surface area contributed by atoms with Crippen molar-refractivity contribution in [2.45, 2.75) is 20.4 Å². The highest BCUT2D eigenvalue weighted by Crippen LogP contribution is 2.16. The molecule has 0 aliphatic rings. The van der Waals surface area contributed by atoms with Crippen molar-refractivity contribution in [3.05, 3.63) is 41.7 Å². The lowest BCUT2D eigenvalue weighted by molar-refractivity contribution is -0.115. The Kier molecular flexibility index (Phi) is 5.35. The Hall–Kier alpha value is -2.83. The molecular weight excluding hydrogens is 296 g/mol. The number of methoxy groups -OCH3 is 1. The third-order valence-electron chi connectivity index (χ3n) is 3.20. The normalized spacial score (nSPS) is 10.2. The Morgan fingerprint density at radius 3 is 2.78 bits per heavy atom. The summed E-state index contributed by atoms with van der Waals surface area (Å²) in [5, 5.41) is 9.50. The van der Waals surface area contributed by atoms with E-state index in [4.69, 9.17) is 4.74 Å². The Labute approximate surface area is 134 Å². The van der Waals surface area contributed by atoms with Gasteiger partial charge in [0.2, 0.25) is 5.91 Å². The Morgan fingerprint density at radius 1 is 1.30 bits per heavy atom. The zero-order valence-electron chi connectivity index (χ0n) is 13.4. The lowest BCUT2D eigenvalue weighted by Gasteiger charge is -2.08. The van der Waals surface area contributed by atoms with E-state index in [1.807, 2.05) is 13.8 Å². The van der Waals surface area contributed by atoms with E-state index >= 15 is 0 Å². The van der Waals surface area contributed by atoms with Gasteiger partial charge in [-0.15, -0.1) is 0 Å². The monoisotopic (exact) mass is 316 g/mol. The maximum atomic E-state index is 12.1. The first-order valence-electron chi connectivity index (χ1n) is 7.30. The quantitative estimate of drug-likeness (QED) is 0.847. The van der Waals surface area contributed by atoms with Gasteiger partial charge in [-0.05, 0) is 32.0 Å². The minimum absolute atomic E-state index is 0.121. The molecule has 1 aromatic heterocycles. The maximum Gasteiger partial charge on any atom is 0.269 e. The first kappa shape index (κ1) is 16.5. The average molecular weight is 316 g/mol. The van der Waals surface area contributed by atoms with E-state index in [-0.39, 0.29) is 18.4 Å². The molecule has 0 spiro atoms. The number of aryl methyl sites for hydroxylation is 2. The van der Waals surface area contributed by atoms with Crippen LogP contribution in [0.15, 0.2) is 30.3 Å². The van der Waals surface area contributed by atoms with E-state index < -0.39 is 0 Å². The molecule has 0 saturated heterocycles. The number of benzene rings is 1. The molecule has 7 nitrogen and oxygen atoms in total. The van der Waals surface area contributed by atoms with E-state index in [0.29, 0.717) is 23.7 Å². The third kappa shape index (κ3) is 4.32. The van der Waals surface area contributed by atoms with Crippen LogP contribution in [0.1, 0.15) is 23.1 Å². The molecule has 0 aliphatic heterocycles. The van der Waals surface area contributed by atoms with Crippen LogP contribution in [0.2, 0.25) is 0 Å². The van der Waals surface area contributed by atoms with Crippen LogP contribution in [0, 0.1) is 6.92 Å². The van der Waals surface area contributed by atoms with E-state index in [2.05, 4.69) is 15.7 Å². The fourth-order valence-corrected chi connectivity index (χ4v) is 2.13. The van der Waals surface area contributed by atoms with Gasteiger partial charge in [-0.1, -0.05) is 6.07 Å². The molecule has 1 aromatic carbocycles. The second kappa shape index (κ2) is 7.44. The SMILES string of the molecule is CCn1nc(C)cc1C(=O)NCC(=O)Nc1cccc(OC)c1. The van der Waals surface area contributed by atoms with Crippen molar-refractivity contribution in [1.82, 2.24) is 15.1 Å². The number of hydrogen-bond acceptors (Lipinski definition) is 4. The molecule has 0 unspecified atom stereocenters. The van der Waals surface area contributed by atoms with Crippen LogP contribution in [-0.4, -0.2) is 35.2 Å². The number of ether oxygens (including phenoxy) is 1. The van der Waals surface area contributed by atoms with Gasteiger partial charge in [0.15, 0.2) is 0 Å². The van der Waals surface area contributed by atoms with Gasteiger partial charge < -0.3 is 15.4 Å². The predicted molar refractivity (Wildman–Crippen MR) is 86.6 cm³/mol. The average Bonchev–Trinajstić information content (AvgIpc) is 2.94. The largest absolute Gasteiger partial charge is 0.497 e. The summed E-state index contributed by atoms with van der Waals surface area (Å²) in [4.78, 5) is 24.0. The van der Waals surface area contributed by atoms with Crippen molar-refractivity contribution in [3.8, 4) is 5.75 Å². The molecule has 23 heavy (non-hydrogen) atoms. The molecule has 0 radical (unpaired) electrons. The number of carbonyl (C=O) groups excluding carboxylic acids is 2. The lowest BCUT2D eigenvalue weighted by atomic mass is 10.3. The predicted octanol–water partition coefficient (Wildman–Crippen LogP) is 1.59. The molecule has 2 N–H and O–H groups in total. The highest BCUT2D eigenvalue weighted by molar-refractivity contribution is 5.98. The smallest absolute Gasteiger partial charge is 0.269 e. The number of nitrogens with one attached hydrogen (secondary N) is 2. The lowest BCUT2D eigenvalue weighted by Crippen LogP contribution is -2.34. The van der Waals surface area contributed by atoms with Gasteiger partial charge in [-0.2, -0.15) is 5.10 Å². The van der Waals surface area contributed by atoms with Crippen LogP contribution in [0.25, 0.3) is 0 Å². The van der Waals surface area contributed by atoms with Crippen molar-refractivity contribution < 1.29 is 14.3 Å². The van der Waals surface area contributed by atoms with Crippen LogP contribution in [0.5, 0.6) is 5.75 Å². The number of hydrogen-bond donors (Lipinski definition) is 2. The standard InChI is InChI=1S/C16H20N4O3/c1-4-20-14(8-11(2)19-20)16(22)17-10-15(21)18-12-6-5-7-13(9-12)23-3/h5-9H,4,10H2,1-3H3,(H,17,22)(H,18,21). The third-order valence-corrected chi connectivity index (χ3v) is 3.20. The topological polar surface area (TPSA) is 85.2 Å². The van der Waals surface area contributed by atoms with Gasteiger partial charge in [-0.25, -0.2) is 0 Å². The van der Waals surface area contributed by atoms with Crippen LogP contribution < -0.4 is 15.4 Å². The van der Waals surface area contributed by atoms with Crippen molar-refractivity contribution in [1.29, 1.82) is 0 Å². The van der Waals surface area contributed by atoms with E-state index in [9.17, 15) is 9.59 Å². The number of nitrogens with zero attached hydrogens (tertiary/aromatic N) is 2. The molecule has 2 amide bonds.